The van der Waals surface area contributed by atoms with E-state index in [-0.39, 0.29) is 23.0 Å². The number of fused-ring (bicyclic) bond motifs is 2. The fourth-order valence-electron chi connectivity index (χ4n) is 8.13. The van der Waals surface area contributed by atoms with E-state index in [1.807, 2.05) is 18.2 Å². The largest absolute Gasteiger partial charge is 0.491 e. The molecule has 6 rings (SSSR count). The molecule has 3 heterocycles. The van der Waals surface area contributed by atoms with Crippen molar-refractivity contribution >= 4 is 34.2 Å². The predicted octanol–water partition coefficient (Wildman–Crippen LogP) is 6.62. The minimum Gasteiger partial charge on any atom is -0.491 e. The molecule has 1 amide bonds. The van der Waals surface area contributed by atoms with Crippen LogP contribution in [0.15, 0.2) is 48.6 Å². The number of benzene rings is 2. The number of hydrogen-bond acceptors (Lipinski definition) is 8. The quantitative estimate of drug-likeness (QED) is 0.305. The number of ether oxygens (including phenoxy) is 3. The summed E-state index contributed by atoms with van der Waals surface area (Å²) >= 11 is 6.43. The van der Waals surface area contributed by atoms with Crippen LogP contribution >= 0.6 is 11.6 Å². The van der Waals surface area contributed by atoms with E-state index < -0.39 is 16.6 Å². The van der Waals surface area contributed by atoms with Crippen LogP contribution in [0.2, 0.25) is 5.02 Å². The van der Waals surface area contributed by atoms with Crippen molar-refractivity contribution < 1.29 is 23.2 Å². The number of allylic oxidation sites excluding steroid dienone is 1. The monoisotopic (exact) mass is 756 g/mol. The molecule has 0 radical (unpaired) electrons. The maximum absolute atomic E-state index is 13.6. The molecular weight excluding hydrogens is 696 g/mol. The van der Waals surface area contributed by atoms with Gasteiger partial charge < -0.3 is 29.3 Å². The van der Waals surface area contributed by atoms with E-state index in [1.54, 1.807) is 20.3 Å². The van der Waals surface area contributed by atoms with Crippen molar-refractivity contribution in [1.82, 2.24) is 14.9 Å². The molecule has 6 unspecified atom stereocenters. The molecule has 2 aromatic carbocycles. The van der Waals surface area contributed by atoms with Crippen molar-refractivity contribution in [3.05, 3.63) is 70.3 Å². The van der Waals surface area contributed by atoms with Gasteiger partial charge in [-0.15, -0.1) is 0 Å². The third kappa shape index (κ3) is 10.2. The molecule has 288 valence electrons. The number of methoxy groups -OCH3 is 2. The van der Waals surface area contributed by atoms with E-state index in [4.69, 9.17) is 25.8 Å². The maximum atomic E-state index is 13.6. The second-order valence-electron chi connectivity index (χ2n) is 15.2. The topological polar surface area (TPSA) is 92.4 Å². The van der Waals surface area contributed by atoms with Gasteiger partial charge in [-0.3, -0.25) is 9.52 Å². The summed E-state index contributed by atoms with van der Waals surface area (Å²) in [5.41, 5.74) is 3.49. The van der Waals surface area contributed by atoms with Gasteiger partial charge in [0.05, 0.1) is 23.1 Å². The van der Waals surface area contributed by atoms with Crippen LogP contribution in [0, 0.1) is 17.8 Å². The van der Waals surface area contributed by atoms with Crippen LogP contribution in [-0.2, 0) is 26.9 Å². The number of nitrogens with zero attached hydrogens (tertiary/aromatic N) is 2. The SMILES string of the molecule is CCCc1cc(Cl)ccc1C1COc2ccc3cc2N(C1)CC1CCC1[C@@](C)(OC)/C=C/CC(C)C(CCOC)S(=O)NC3=O.CN1CCNCC1. The van der Waals surface area contributed by atoms with Crippen LogP contribution in [0.4, 0.5) is 5.69 Å². The number of carbonyl (C=O) groups is 1. The molecule has 1 aliphatic carbocycles. The minimum absolute atomic E-state index is 0.0714. The normalized spacial score (nSPS) is 30.4. The van der Waals surface area contributed by atoms with Gasteiger partial charge in [-0.05, 0) is 105 Å². The summed E-state index contributed by atoms with van der Waals surface area (Å²) in [5, 5.41) is 3.77. The number of rotatable bonds is 7. The molecule has 2 N–H and O–H groups in total. The van der Waals surface area contributed by atoms with Crippen LogP contribution in [0.1, 0.15) is 80.3 Å². The van der Waals surface area contributed by atoms with Crippen LogP contribution in [-0.4, -0.2) is 99.6 Å². The number of hydrogen-bond donors (Lipinski definition) is 2. The van der Waals surface area contributed by atoms with Crippen molar-refractivity contribution in [2.45, 2.75) is 76.1 Å². The molecule has 4 aliphatic rings. The maximum Gasteiger partial charge on any atom is 0.263 e. The number of nitrogens with one attached hydrogen (secondary N) is 2. The highest BCUT2D eigenvalue weighted by Crippen LogP contribution is 2.47. The van der Waals surface area contributed by atoms with Gasteiger partial charge >= 0.3 is 0 Å². The van der Waals surface area contributed by atoms with E-state index >= 15 is 0 Å². The Morgan fingerprint density at radius 3 is 2.54 bits per heavy atom. The van der Waals surface area contributed by atoms with Crippen molar-refractivity contribution in [3.63, 3.8) is 0 Å². The van der Waals surface area contributed by atoms with E-state index in [0.717, 1.165) is 74.7 Å². The third-order valence-electron chi connectivity index (χ3n) is 11.6. The predicted molar refractivity (Wildman–Crippen MR) is 213 cm³/mol. The lowest BCUT2D eigenvalue weighted by Crippen LogP contribution is -2.49. The number of anilines is 1. The lowest BCUT2D eigenvalue weighted by Gasteiger charge is -2.48. The lowest BCUT2D eigenvalue weighted by atomic mass is 9.64. The molecule has 1 saturated carbocycles. The minimum atomic E-state index is -1.59. The molecule has 0 aromatic heterocycles. The average Bonchev–Trinajstić information content (AvgIpc) is 3.29. The summed E-state index contributed by atoms with van der Waals surface area (Å²) in [7, 11) is 4.02. The Labute approximate surface area is 319 Å². The second-order valence-corrected chi connectivity index (χ2v) is 17.1. The molecule has 2 bridgehead atoms. The molecule has 7 atom stereocenters. The highest BCUT2D eigenvalue weighted by Gasteiger charge is 2.45. The van der Waals surface area contributed by atoms with E-state index in [9.17, 15) is 9.00 Å². The molecule has 0 spiro atoms. The molecule has 9 nitrogen and oxygen atoms in total. The summed E-state index contributed by atoms with van der Waals surface area (Å²) in [6, 6.07) is 11.8. The van der Waals surface area contributed by atoms with Gasteiger partial charge in [-0.2, -0.15) is 0 Å². The van der Waals surface area contributed by atoms with Gasteiger partial charge in [0.1, 0.15) is 16.7 Å². The fourth-order valence-corrected chi connectivity index (χ4v) is 9.62. The number of aryl methyl sites for hydroxylation is 1. The first kappa shape index (κ1) is 40.7. The molecule has 3 aliphatic heterocycles. The molecule has 2 fully saturated rings. The van der Waals surface area contributed by atoms with E-state index in [0.29, 0.717) is 37.0 Å². The van der Waals surface area contributed by atoms with Crippen LogP contribution in [0.3, 0.4) is 0 Å². The molecule has 52 heavy (non-hydrogen) atoms. The number of halogens is 1. The van der Waals surface area contributed by atoms with Crippen molar-refractivity contribution in [3.8, 4) is 5.75 Å². The van der Waals surface area contributed by atoms with Crippen LogP contribution < -0.4 is 19.7 Å². The Bertz CT molecular complexity index is 1540. The zero-order valence-electron chi connectivity index (χ0n) is 32.1. The highest BCUT2D eigenvalue weighted by molar-refractivity contribution is 7.84. The lowest BCUT2D eigenvalue weighted by molar-refractivity contribution is -0.0620. The van der Waals surface area contributed by atoms with Crippen LogP contribution in [0.5, 0.6) is 5.75 Å². The Morgan fingerprint density at radius 2 is 1.88 bits per heavy atom. The Hall–Kier alpha value is -2.47. The van der Waals surface area contributed by atoms with Crippen molar-refractivity contribution in [1.29, 1.82) is 0 Å². The summed E-state index contributed by atoms with van der Waals surface area (Å²) in [6.07, 6.45) is 9.91. The van der Waals surface area contributed by atoms with Gasteiger partial charge in [-0.1, -0.05) is 50.1 Å². The summed E-state index contributed by atoms with van der Waals surface area (Å²) < 4.78 is 34.5. The van der Waals surface area contributed by atoms with Crippen molar-refractivity contribution in [2.24, 2.45) is 17.8 Å². The van der Waals surface area contributed by atoms with Crippen molar-refractivity contribution in [2.75, 3.05) is 78.6 Å². The molecule has 11 heteroatoms. The molecule has 2 aromatic rings. The van der Waals surface area contributed by atoms with E-state index in [1.165, 1.54) is 24.2 Å². The number of amides is 1. The van der Waals surface area contributed by atoms with Gasteiger partial charge in [0, 0.05) is 76.6 Å². The summed E-state index contributed by atoms with van der Waals surface area (Å²) in [5.74, 6) is 1.38. The first-order valence-corrected chi connectivity index (χ1v) is 20.8. The fraction of sp³-hybridized carbons (Fsp3) is 0.634. The van der Waals surface area contributed by atoms with Gasteiger partial charge in [0.2, 0.25) is 0 Å². The Balaban J connectivity index is 0.000000668. The first-order chi connectivity index (χ1) is 25.1. The zero-order valence-corrected chi connectivity index (χ0v) is 33.7. The first-order valence-electron chi connectivity index (χ1n) is 19.2. The Morgan fingerprint density at radius 1 is 1.10 bits per heavy atom. The second kappa shape index (κ2) is 19.2. The summed E-state index contributed by atoms with van der Waals surface area (Å²) in [4.78, 5) is 18.3. The van der Waals surface area contributed by atoms with Gasteiger partial charge in [0.15, 0.2) is 0 Å². The van der Waals surface area contributed by atoms with Crippen LogP contribution in [0.25, 0.3) is 0 Å². The van der Waals surface area contributed by atoms with Gasteiger partial charge in [0.25, 0.3) is 5.91 Å². The third-order valence-corrected chi connectivity index (χ3v) is 13.4. The van der Waals surface area contributed by atoms with E-state index in [2.05, 4.69) is 71.9 Å². The number of likely N-dealkylation sites (N-methyl/N-ethyl adjacent to an activating group) is 1. The highest BCUT2D eigenvalue weighted by atomic mass is 35.5. The smallest absolute Gasteiger partial charge is 0.263 e. The summed E-state index contributed by atoms with van der Waals surface area (Å²) in [6.45, 7) is 13.8. The molecule has 1 saturated heterocycles. The number of piperazine rings is 1. The molecular formula is C41H61ClN4O5S. The van der Waals surface area contributed by atoms with Gasteiger partial charge in [-0.25, -0.2) is 4.21 Å². The average molecular weight is 757 g/mol. The zero-order chi connectivity index (χ0) is 37.3. The number of carbonyl (C=O) groups excluding carboxylic acids is 1. The Kier molecular flexibility index (Phi) is 15.0. The standard InChI is InChI=1S/C36H49ClN2O5S.C5H12N2/c1-6-8-25-19-29(37)12-13-30(25)28-22-39-21-27-10-14-31(27)36(3,43-5)17-7-9-24(2)34(16-18-42-4)45(41)38-35(40)26-11-15-33(44-23-28)32(39)20-26;1-7-4-2-6-3-5-7/h7,11-13,15,17,19-20,24,27-28,31,34H,6,8-10,14,16,18,21-23H2,1-5H3,(H,38,40);6H,2-5H2,1H3/b17-7+;/t24?,27?,28?,31?,34?,36-,45?;/m0./s1.